The second-order valence-corrected chi connectivity index (χ2v) is 5.11. The van der Waals surface area contributed by atoms with E-state index in [1.54, 1.807) is 0 Å². The van der Waals surface area contributed by atoms with Crippen molar-refractivity contribution in [1.82, 2.24) is 0 Å². The number of amides is 1. The quantitative estimate of drug-likeness (QED) is 0.659. The summed E-state index contributed by atoms with van der Waals surface area (Å²) in [6.45, 7) is 4.13. The molecule has 1 heterocycles. The van der Waals surface area contributed by atoms with Crippen LogP contribution in [0.25, 0.3) is 0 Å². The lowest BCUT2D eigenvalue weighted by molar-refractivity contribution is -0.137. The molecule has 1 amide bonds. The molecule has 0 unspecified atom stereocenters. The fourth-order valence-corrected chi connectivity index (χ4v) is 2.56. The molecule has 5 nitrogen and oxygen atoms in total. The van der Waals surface area contributed by atoms with Gasteiger partial charge < -0.3 is 10.0 Å². The minimum absolute atomic E-state index is 0.0790. The maximum atomic E-state index is 12.0. The number of Topliss-reactive ketones (excluding diaryl/α,β-unsaturated/α-hetero) is 1. The lowest BCUT2D eigenvalue weighted by atomic mass is 10.0. The third-order valence-electron chi connectivity index (χ3n) is 3.44. The number of carbonyl (C=O) groups is 3. The highest BCUT2D eigenvalue weighted by molar-refractivity contribution is 6.52. The zero-order valence-corrected chi connectivity index (χ0v) is 11.6. The molecule has 0 saturated carbocycles. The first-order valence-corrected chi connectivity index (χ1v) is 6.61. The zero-order chi connectivity index (χ0) is 14.9. The van der Waals surface area contributed by atoms with Gasteiger partial charge in [-0.1, -0.05) is 6.07 Å². The van der Waals surface area contributed by atoms with Crippen molar-refractivity contribution in [3.63, 3.8) is 0 Å². The lowest BCUT2D eigenvalue weighted by Crippen LogP contribution is -2.30. The number of aryl methyl sites for hydroxylation is 2. The van der Waals surface area contributed by atoms with Crippen LogP contribution in [-0.2, 0) is 9.59 Å². The van der Waals surface area contributed by atoms with E-state index in [1.165, 1.54) is 4.90 Å². The summed E-state index contributed by atoms with van der Waals surface area (Å²) < 4.78 is 0. The molecule has 20 heavy (non-hydrogen) atoms. The van der Waals surface area contributed by atoms with Crippen molar-refractivity contribution in [3.8, 4) is 0 Å². The van der Waals surface area contributed by atoms with Crippen LogP contribution >= 0.6 is 0 Å². The van der Waals surface area contributed by atoms with E-state index in [0.717, 1.165) is 11.1 Å². The number of fused-ring (bicyclic) bond motifs is 1. The van der Waals surface area contributed by atoms with Crippen molar-refractivity contribution in [2.45, 2.75) is 33.1 Å². The smallest absolute Gasteiger partial charge is 0.303 e. The average molecular weight is 275 g/mol. The van der Waals surface area contributed by atoms with E-state index in [9.17, 15) is 14.4 Å². The maximum absolute atomic E-state index is 12.0. The molecule has 0 spiro atoms. The molecule has 1 aromatic carbocycles. The van der Waals surface area contributed by atoms with Gasteiger partial charge in [0.1, 0.15) is 0 Å². The van der Waals surface area contributed by atoms with E-state index in [4.69, 9.17) is 5.11 Å². The van der Waals surface area contributed by atoms with Crippen molar-refractivity contribution in [2.75, 3.05) is 11.4 Å². The minimum Gasteiger partial charge on any atom is -0.481 e. The summed E-state index contributed by atoms with van der Waals surface area (Å²) in [6.07, 6.45) is 1.14. The molecule has 5 heteroatoms. The van der Waals surface area contributed by atoms with Crippen LogP contribution in [0.1, 0.15) is 40.7 Å². The number of nitrogens with zero attached hydrogens (tertiary/aromatic N) is 1. The van der Waals surface area contributed by atoms with E-state index < -0.39 is 17.7 Å². The number of carboxylic acid groups (broad SMARTS) is 1. The van der Waals surface area contributed by atoms with Crippen molar-refractivity contribution in [3.05, 3.63) is 28.8 Å². The third kappa shape index (κ3) is 2.57. The van der Waals surface area contributed by atoms with E-state index in [1.807, 2.05) is 26.0 Å². The van der Waals surface area contributed by atoms with Gasteiger partial charge in [-0.2, -0.15) is 0 Å². The standard InChI is InChI=1S/C15H17NO4/c1-9-7-10(2)13-11(8-9)16(15(20)14(13)19)6-4-3-5-12(17)18/h7-8H,3-6H2,1-2H3,(H,17,18). The van der Waals surface area contributed by atoms with Gasteiger partial charge in [-0.15, -0.1) is 0 Å². The van der Waals surface area contributed by atoms with Crippen LogP contribution in [-0.4, -0.2) is 29.3 Å². The number of unbranched alkanes of at least 4 members (excludes halogenated alkanes) is 1. The molecular weight excluding hydrogens is 258 g/mol. The second-order valence-electron chi connectivity index (χ2n) is 5.11. The van der Waals surface area contributed by atoms with Gasteiger partial charge >= 0.3 is 5.97 Å². The molecule has 0 radical (unpaired) electrons. The number of carboxylic acids is 1. The van der Waals surface area contributed by atoms with Gasteiger partial charge in [0.15, 0.2) is 0 Å². The maximum Gasteiger partial charge on any atom is 0.303 e. The number of anilines is 1. The molecule has 0 aliphatic carbocycles. The van der Waals surface area contributed by atoms with Crippen LogP contribution in [0.5, 0.6) is 0 Å². The van der Waals surface area contributed by atoms with Gasteiger partial charge in [-0.3, -0.25) is 14.4 Å². The van der Waals surface area contributed by atoms with Gasteiger partial charge in [-0.05, 0) is 43.9 Å². The minimum atomic E-state index is -0.846. The molecule has 1 aromatic rings. The van der Waals surface area contributed by atoms with Gasteiger partial charge in [-0.25, -0.2) is 0 Å². The number of hydrogen-bond donors (Lipinski definition) is 1. The Labute approximate surface area is 117 Å². The molecule has 0 bridgehead atoms. The van der Waals surface area contributed by atoms with E-state index in [2.05, 4.69) is 0 Å². The summed E-state index contributed by atoms with van der Waals surface area (Å²) in [5.41, 5.74) is 2.96. The Morgan fingerprint density at radius 2 is 1.90 bits per heavy atom. The van der Waals surface area contributed by atoms with Crippen molar-refractivity contribution >= 4 is 23.3 Å². The molecule has 0 saturated heterocycles. The molecule has 0 aromatic heterocycles. The zero-order valence-electron chi connectivity index (χ0n) is 11.6. The highest BCUT2D eigenvalue weighted by Gasteiger charge is 2.36. The SMILES string of the molecule is Cc1cc(C)c2c(c1)N(CCCCC(=O)O)C(=O)C2=O. The molecule has 2 rings (SSSR count). The molecular formula is C15H17NO4. The van der Waals surface area contributed by atoms with Crippen molar-refractivity contribution in [2.24, 2.45) is 0 Å². The fraction of sp³-hybridized carbons (Fsp3) is 0.400. The van der Waals surface area contributed by atoms with Crippen LogP contribution in [0.4, 0.5) is 5.69 Å². The normalized spacial score (nSPS) is 13.8. The third-order valence-corrected chi connectivity index (χ3v) is 3.44. The summed E-state index contributed by atoms with van der Waals surface area (Å²) in [5.74, 6) is -1.82. The number of benzene rings is 1. The first-order chi connectivity index (χ1) is 9.41. The topological polar surface area (TPSA) is 74.7 Å². The van der Waals surface area contributed by atoms with Crippen LogP contribution < -0.4 is 4.90 Å². The summed E-state index contributed by atoms with van der Waals surface area (Å²) in [7, 11) is 0. The molecule has 1 aliphatic heterocycles. The van der Waals surface area contributed by atoms with E-state index in [0.29, 0.717) is 30.6 Å². The van der Waals surface area contributed by atoms with Crippen LogP contribution in [0.2, 0.25) is 0 Å². The predicted molar refractivity (Wildman–Crippen MR) is 74.1 cm³/mol. The highest BCUT2D eigenvalue weighted by Crippen LogP contribution is 2.32. The average Bonchev–Trinajstić information content (AvgIpc) is 2.58. The van der Waals surface area contributed by atoms with E-state index >= 15 is 0 Å². The van der Waals surface area contributed by atoms with Crippen LogP contribution in [0, 0.1) is 13.8 Å². The van der Waals surface area contributed by atoms with Gasteiger partial charge in [0.25, 0.3) is 11.7 Å². The fourth-order valence-electron chi connectivity index (χ4n) is 2.56. The number of ketones is 1. The first kappa shape index (κ1) is 14.2. The lowest BCUT2D eigenvalue weighted by Gasteiger charge is -2.17. The number of aliphatic carboxylic acids is 1. The Hall–Kier alpha value is -2.17. The van der Waals surface area contributed by atoms with Gasteiger partial charge in [0.2, 0.25) is 0 Å². The molecule has 0 atom stereocenters. The largest absolute Gasteiger partial charge is 0.481 e. The molecule has 1 aliphatic rings. The summed E-state index contributed by atoms with van der Waals surface area (Å²) in [6, 6.07) is 3.72. The number of rotatable bonds is 5. The van der Waals surface area contributed by atoms with Crippen molar-refractivity contribution < 1.29 is 19.5 Å². The van der Waals surface area contributed by atoms with Gasteiger partial charge in [0, 0.05) is 13.0 Å². The van der Waals surface area contributed by atoms with Crippen LogP contribution in [0.15, 0.2) is 12.1 Å². The Balaban J connectivity index is 2.18. The van der Waals surface area contributed by atoms with Crippen LogP contribution in [0.3, 0.4) is 0 Å². The summed E-state index contributed by atoms with van der Waals surface area (Å²) in [4.78, 5) is 35.9. The Morgan fingerprint density at radius 1 is 1.20 bits per heavy atom. The highest BCUT2D eigenvalue weighted by atomic mass is 16.4. The summed E-state index contributed by atoms with van der Waals surface area (Å²) in [5, 5.41) is 8.60. The van der Waals surface area contributed by atoms with Gasteiger partial charge in [0.05, 0.1) is 11.3 Å². The molecule has 1 N–H and O–H groups in total. The number of hydrogen-bond acceptors (Lipinski definition) is 3. The summed E-state index contributed by atoms with van der Waals surface area (Å²) >= 11 is 0. The molecule has 0 fully saturated rings. The monoisotopic (exact) mass is 275 g/mol. The van der Waals surface area contributed by atoms with Crippen molar-refractivity contribution in [1.29, 1.82) is 0 Å². The second kappa shape index (κ2) is 5.45. The number of carbonyl (C=O) groups excluding carboxylic acids is 2. The predicted octanol–water partition coefficient (Wildman–Crippen LogP) is 2.09. The Kier molecular flexibility index (Phi) is 3.88. The Morgan fingerprint density at radius 3 is 2.55 bits per heavy atom. The molecule has 106 valence electrons. The first-order valence-electron chi connectivity index (χ1n) is 6.61. The van der Waals surface area contributed by atoms with E-state index in [-0.39, 0.29) is 6.42 Å². The Bertz CT molecular complexity index is 592.